The molecular weight excluding hydrogens is 308 g/mol. The molecule has 1 aliphatic rings. The molecule has 8 heteroatoms. The van der Waals surface area contributed by atoms with Crippen LogP contribution in [-0.4, -0.2) is 51.4 Å². The molecule has 0 saturated carbocycles. The highest BCUT2D eigenvalue weighted by molar-refractivity contribution is 7.89. The molecule has 1 aromatic carbocycles. The molecule has 0 aromatic heterocycles. The average molecular weight is 326 g/mol. The van der Waals surface area contributed by atoms with Gasteiger partial charge in [-0.25, -0.2) is 17.9 Å². The van der Waals surface area contributed by atoms with Crippen LogP contribution in [0.5, 0.6) is 0 Å². The van der Waals surface area contributed by atoms with Gasteiger partial charge in [-0.15, -0.1) is 0 Å². The van der Waals surface area contributed by atoms with Gasteiger partial charge < -0.3 is 9.64 Å². The Balaban J connectivity index is 1.89. The van der Waals surface area contributed by atoms with E-state index in [1.54, 1.807) is 6.07 Å². The number of hydrogen-bond donors (Lipinski definition) is 1. The first-order chi connectivity index (χ1) is 10.4. The fraction of sp³-hybridized carbons (Fsp3) is 0.429. The molecule has 1 heterocycles. The van der Waals surface area contributed by atoms with Crippen molar-refractivity contribution in [2.24, 2.45) is 0 Å². The van der Waals surface area contributed by atoms with Crippen LogP contribution < -0.4 is 4.72 Å². The van der Waals surface area contributed by atoms with Crippen LogP contribution >= 0.6 is 0 Å². The van der Waals surface area contributed by atoms with Crippen molar-refractivity contribution < 1.29 is 22.7 Å². The molecule has 2 rings (SSSR count). The molecule has 1 aliphatic heterocycles. The van der Waals surface area contributed by atoms with Gasteiger partial charge in [-0.3, -0.25) is 4.79 Å². The van der Waals surface area contributed by atoms with Gasteiger partial charge in [-0.05, 0) is 25.5 Å². The molecule has 1 saturated heterocycles. The number of sulfonamides is 1. The van der Waals surface area contributed by atoms with E-state index in [-0.39, 0.29) is 23.3 Å². The Morgan fingerprint density at radius 1 is 1.41 bits per heavy atom. The largest absolute Gasteiger partial charge is 0.448 e. The first kappa shape index (κ1) is 16.4. The van der Waals surface area contributed by atoms with Crippen molar-refractivity contribution in [2.45, 2.75) is 18.2 Å². The standard InChI is InChI=1S/C14H18N2O5S/c1-11(17)12-4-2-5-13(10-12)22(19,20)15-6-3-7-16-8-9-21-14(16)18/h2,4-5,10,15H,3,6-9H2,1H3. The van der Waals surface area contributed by atoms with Crippen LogP contribution in [0.25, 0.3) is 0 Å². The number of amides is 1. The number of Topliss-reactive ketones (excluding diaryl/α,β-unsaturated/α-hetero) is 1. The molecule has 1 amide bonds. The van der Waals surface area contributed by atoms with E-state index in [4.69, 9.17) is 4.74 Å². The Morgan fingerprint density at radius 3 is 2.82 bits per heavy atom. The number of cyclic esters (lactones) is 1. The minimum absolute atomic E-state index is 0.0563. The number of benzene rings is 1. The van der Waals surface area contributed by atoms with Gasteiger partial charge in [-0.2, -0.15) is 0 Å². The van der Waals surface area contributed by atoms with Gasteiger partial charge in [0.1, 0.15) is 6.61 Å². The molecule has 22 heavy (non-hydrogen) atoms. The summed E-state index contributed by atoms with van der Waals surface area (Å²) in [5.41, 5.74) is 0.350. The fourth-order valence-electron chi connectivity index (χ4n) is 2.07. The van der Waals surface area contributed by atoms with Gasteiger partial charge in [0.05, 0.1) is 11.4 Å². The van der Waals surface area contributed by atoms with Crippen molar-refractivity contribution in [3.8, 4) is 0 Å². The van der Waals surface area contributed by atoms with E-state index in [1.165, 1.54) is 30.0 Å². The number of nitrogens with zero attached hydrogens (tertiary/aromatic N) is 1. The second-order valence-electron chi connectivity index (χ2n) is 4.94. The maximum absolute atomic E-state index is 12.1. The van der Waals surface area contributed by atoms with Crippen molar-refractivity contribution in [1.82, 2.24) is 9.62 Å². The van der Waals surface area contributed by atoms with Crippen molar-refractivity contribution >= 4 is 21.9 Å². The van der Waals surface area contributed by atoms with Crippen LogP contribution in [0.3, 0.4) is 0 Å². The van der Waals surface area contributed by atoms with Crippen LogP contribution in [0.2, 0.25) is 0 Å². The second-order valence-corrected chi connectivity index (χ2v) is 6.70. The molecule has 0 atom stereocenters. The highest BCUT2D eigenvalue weighted by atomic mass is 32.2. The summed E-state index contributed by atoms with van der Waals surface area (Å²) in [6.07, 6.45) is 0.123. The van der Waals surface area contributed by atoms with Gasteiger partial charge >= 0.3 is 6.09 Å². The summed E-state index contributed by atoms with van der Waals surface area (Å²) >= 11 is 0. The van der Waals surface area contributed by atoms with Crippen molar-refractivity contribution in [2.75, 3.05) is 26.2 Å². The van der Waals surface area contributed by atoms with E-state index < -0.39 is 10.0 Å². The van der Waals surface area contributed by atoms with Gasteiger partial charge in [0.15, 0.2) is 5.78 Å². The van der Waals surface area contributed by atoms with Crippen LogP contribution in [0.4, 0.5) is 4.79 Å². The Morgan fingerprint density at radius 2 is 2.18 bits per heavy atom. The van der Waals surface area contributed by atoms with Gasteiger partial charge in [-0.1, -0.05) is 12.1 Å². The first-order valence-corrected chi connectivity index (χ1v) is 8.41. The van der Waals surface area contributed by atoms with Crippen LogP contribution in [0, 0.1) is 0 Å². The lowest BCUT2D eigenvalue weighted by atomic mass is 10.2. The lowest BCUT2D eigenvalue weighted by Crippen LogP contribution is -2.30. The molecule has 1 aromatic rings. The van der Waals surface area contributed by atoms with Crippen molar-refractivity contribution in [3.05, 3.63) is 29.8 Å². The summed E-state index contributed by atoms with van der Waals surface area (Å²) < 4.78 is 31.5. The molecule has 0 bridgehead atoms. The summed E-state index contributed by atoms with van der Waals surface area (Å²) in [5.74, 6) is -0.190. The third-order valence-corrected chi connectivity index (χ3v) is 4.75. The maximum atomic E-state index is 12.1. The third-order valence-electron chi connectivity index (χ3n) is 3.29. The molecular formula is C14H18N2O5S. The summed E-state index contributed by atoms with van der Waals surface area (Å²) in [6.45, 7) is 2.94. The first-order valence-electron chi connectivity index (χ1n) is 6.92. The zero-order valence-corrected chi connectivity index (χ0v) is 13.1. The minimum atomic E-state index is -3.66. The van der Waals surface area contributed by atoms with Crippen LogP contribution in [0.1, 0.15) is 23.7 Å². The second kappa shape index (κ2) is 6.89. The average Bonchev–Trinajstić information content (AvgIpc) is 2.89. The SMILES string of the molecule is CC(=O)c1cccc(S(=O)(=O)NCCCN2CCOC2=O)c1. The number of rotatable bonds is 7. The van der Waals surface area contributed by atoms with E-state index in [9.17, 15) is 18.0 Å². The smallest absolute Gasteiger partial charge is 0.409 e. The Hall–Kier alpha value is -1.93. The lowest BCUT2D eigenvalue weighted by Gasteiger charge is -2.12. The van der Waals surface area contributed by atoms with E-state index in [0.717, 1.165) is 0 Å². The summed E-state index contributed by atoms with van der Waals surface area (Å²) in [7, 11) is -3.66. The molecule has 0 aliphatic carbocycles. The minimum Gasteiger partial charge on any atom is -0.448 e. The summed E-state index contributed by atoms with van der Waals surface area (Å²) in [5, 5.41) is 0. The number of carbonyl (C=O) groups is 2. The topological polar surface area (TPSA) is 92.8 Å². The van der Waals surface area contributed by atoms with Gasteiger partial charge in [0.25, 0.3) is 0 Å². The number of ketones is 1. The predicted molar refractivity (Wildman–Crippen MR) is 79.2 cm³/mol. The molecule has 0 spiro atoms. The molecule has 0 unspecified atom stereocenters. The molecule has 1 N–H and O–H groups in total. The number of nitrogens with one attached hydrogen (secondary N) is 1. The quantitative estimate of drug-likeness (QED) is 0.596. The zero-order chi connectivity index (χ0) is 16.2. The number of hydrogen-bond acceptors (Lipinski definition) is 5. The fourth-order valence-corrected chi connectivity index (χ4v) is 3.19. The summed E-state index contributed by atoms with van der Waals surface area (Å²) in [6, 6.07) is 5.89. The lowest BCUT2D eigenvalue weighted by molar-refractivity contribution is 0.101. The zero-order valence-electron chi connectivity index (χ0n) is 12.2. The highest BCUT2D eigenvalue weighted by Crippen LogP contribution is 2.12. The normalized spacial score (nSPS) is 15.0. The van der Waals surface area contributed by atoms with E-state index in [0.29, 0.717) is 31.7 Å². The highest BCUT2D eigenvalue weighted by Gasteiger charge is 2.21. The molecule has 7 nitrogen and oxygen atoms in total. The predicted octanol–water partition coefficient (Wildman–Crippen LogP) is 1.01. The van der Waals surface area contributed by atoms with Crippen LogP contribution in [0.15, 0.2) is 29.2 Å². The van der Waals surface area contributed by atoms with E-state index in [2.05, 4.69) is 4.72 Å². The number of carbonyl (C=O) groups excluding carboxylic acids is 2. The number of ether oxygens (including phenoxy) is 1. The molecule has 0 radical (unpaired) electrons. The monoisotopic (exact) mass is 326 g/mol. The van der Waals surface area contributed by atoms with Crippen molar-refractivity contribution in [1.29, 1.82) is 0 Å². The Kier molecular flexibility index (Phi) is 5.15. The van der Waals surface area contributed by atoms with Gasteiger partial charge in [0, 0.05) is 18.7 Å². The molecule has 1 fully saturated rings. The van der Waals surface area contributed by atoms with E-state index in [1.807, 2.05) is 0 Å². The third kappa shape index (κ3) is 4.05. The Labute approximate surface area is 129 Å². The van der Waals surface area contributed by atoms with Crippen molar-refractivity contribution in [3.63, 3.8) is 0 Å². The molecule has 120 valence electrons. The van der Waals surface area contributed by atoms with E-state index >= 15 is 0 Å². The summed E-state index contributed by atoms with van der Waals surface area (Å²) in [4.78, 5) is 24.1. The Bertz CT molecular complexity index is 672. The van der Waals surface area contributed by atoms with Crippen LogP contribution in [-0.2, 0) is 14.8 Å². The van der Waals surface area contributed by atoms with Gasteiger partial charge in [0.2, 0.25) is 10.0 Å². The maximum Gasteiger partial charge on any atom is 0.409 e.